The molecule has 1 aliphatic rings. The Labute approximate surface area is 104 Å². The molecule has 0 heterocycles. The second-order valence-corrected chi connectivity index (χ2v) is 6.16. The van der Waals surface area contributed by atoms with Gasteiger partial charge in [-0.25, -0.2) is 4.79 Å². The lowest BCUT2D eigenvalue weighted by molar-refractivity contribution is -0.235. The van der Waals surface area contributed by atoms with Crippen molar-refractivity contribution in [2.45, 2.75) is 59.0 Å². The summed E-state index contributed by atoms with van der Waals surface area (Å²) in [4.78, 5) is 11.1. The summed E-state index contributed by atoms with van der Waals surface area (Å²) < 4.78 is 5.31. The van der Waals surface area contributed by atoms with E-state index in [0.717, 1.165) is 19.3 Å². The maximum atomic E-state index is 11.1. The lowest BCUT2D eigenvalue weighted by atomic mass is 9.45. The maximum absolute atomic E-state index is 11.1. The molecule has 17 heavy (non-hydrogen) atoms. The second-order valence-electron chi connectivity index (χ2n) is 6.16. The van der Waals surface area contributed by atoms with Gasteiger partial charge >= 0.3 is 6.09 Å². The minimum Gasteiger partial charge on any atom is -0.440 e. The van der Waals surface area contributed by atoms with Crippen LogP contribution in [-0.4, -0.2) is 23.4 Å². The average Bonchev–Trinajstić information content (AvgIpc) is 2.18. The van der Waals surface area contributed by atoms with Crippen molar-refractivity contribution in [2.75, 3.05) is 6.61 Å². The van der Waals surface area contributed by atoms with Crippen molar-refractivity contribution in [3.63, 3.8) is 0 Å². The van der Waals surface area contributed by atoms with E-state index >= 15 is 0 Å². The molecular weight excluding hydrogens is 218 g/mol. The summed E-state index contributed by atoms with van der Waals surface area (Å²) in [6, 6.07) is 0. The van der Waals surface area contributed by atoms with Crippen molar-refractivity contribution in [3.05, 3.63) is 0 Å². The van der Waals surface area contributed by atoms with E-state index in [4.69, 9.17) is 10.5 Å². The lowest BCUT2D eigenvalue weighted by Gasteiger charge is -2.63. The van der Waals surface area contributed by atoms with E-state index < -0.39 is 11.7 Å². The predicted octanol–water partition coefficient (Wildman–Crippen LogP) is 2.44. The fourth-order valence-electron chi connectivity index (χ4n) is 3.52. The fraction of sp³-hybridized carbons (Fsp3) is 0.923. The highest BCUT2D eigenvalue weighted by Gasteiger charge is 2.65. The van der Waals surface area contributed by atoms with Crippen LogP contribution in [0, 0.1) is 10.8 Å². The van der Waals surface area contributed by atoms with E-state index in [0.29, 0.717) is 6.42 Å². The number of primary amides is 1. The van der Waals surface area contributed by atoms with Crippen LogP contribution < -0.4 is 5.73 Å². The van der Waals surface area contributed by atoms with E-state index in [1.807, 2.05) is 0 Å². The standard InChI is InChI=1S/C13H25NO3/c1-5-6-12(11(2,3)4)7-8-13(12,9-15)17-10(14)16/h15H,5-9H2,1-4H3,(H2,14,16). The largest absolute Gasteiger partial charge is 0.440 e. The Balaban J connectivity index is 3.09. The van der Waals surface area contributed by atoms with Gasteiger partial charge in [-0.1, -0.05) is 34.1 Å². The first kappa shape index (κ1) is 14.3. The number of aliphatic hydroxyl groups excluding tert-OH is 1. The van der Waals surface area contributed by atoms with E-state index in [9.17, 15) is 9.90 Å². The molecule has 0 saturated heterocycles. The Morgan fingerprint density at radius 1 is 1.41 bits per heavy atom. The Morgan fingerprint density at radius 3 is 2.24 bits per heavy atom. The molecule has 1 fully saturated rings. The molecule has 1 amide bonds. The zero-order valence-electron chi connectivity index (χ0n) is 11.4. The van der Waals surface area contributed by atoms with Gasteiger partial charge in [0.2, 0.25) is 0 Å². The number of ether oxygens (including phenoxy) is 1. The number of aliphatic hydroxyl groups is 1. The topological polar surface area (TPSA) is 72.6 Å². The minimum absolute atomic E-state index is 0.0283. The summed E-state index contributed by atoms with van der Waals surface area (Å²) in [6.45, 7) is 8.37. The first-order chi connectivity index (χ1) is 7.74. The molecule has 1 saturated carbocycles. The first-order valence-electron chi connectivity index (χ1n) is 6.34. The van der Waals surface area contributed by atoms with Gasteiger partial charge in [-0.2, -0.15) is 0 Å². The molecule has 0 bridgehead atoms. The van der Waals surface area contributed by atoms with Gasteiger partial charge in [0.1, 0.15) is 5.60 Å². The number of nitrogens with two attached hydrogens (primary N) is 1. The minimum atomic E-state index is -0.788. The molecule has 0 aromatic rings. The van der Waals surface area contributed by atoms with Crippen LogP contribution in [0.2, 0.25) is 0 Å². The van der Waals surface area contributed by atoms with Crippen molar-refractivity contribution in [3.8, 4) is 0 Å². The van der Waals surface area contributed by atoms with E-state index in [2.05, 4.69) is 27.7 Å². The molecule has 2 atom stereocenters. The summed E-state index contributed by atoms with van der Waals surface area (Å²) in [5.74, 6) is 0. The molecule has 0 radical (unpaired) electrons. The van der Waals surface area contributed by atoms with E-state index in [-0.39, 0.29) is 17.4 Å². The Morgan fingerprint density at radius 2 is 2.00 bits per heavy atom. The number of rotatable bonds is 4. The van der Waals surface area contributed by atoms with Crippen LogP contribution in [0.25, 0.3) is 0 Å². The third-order valence-corrected chi connectivity index (χ3v) is 4.49. The Bertz CT molecular complexity index is 294. The summed E-state index contributed by atoms with van der Waals surface area (Å²) in [5.41, 5.74) is 4.17. The Kier molecular flexibility index (Phi) is 3.77. The van der Waals surface area contributed by atoms with Crippen molar-refractivity contribution >= 4 is 6.09 Å². The quantitative estimate of drug-likeness (QED) is 0.796. The molecule has 0 aromatic carbocycles. The molecule has 4 heteroatoms. The first-order valence-corrected chi connectivity index (χ1v) is 6.34. The highest BCUT2D eigenvalue weighted by Crippen LogP contribution is 2.63. The van der Waals surface area contributed by atoms with Crippen molar-refractivity contribution in [2.24, 2.45) is 16.6 Å². The van der Waals surface area contributed by atoms with Gasteiger partial charge in [0.05, 0.1) is 6.61 Å². The summed E-state index contributed by atoms with van der Waals surface area (Å²) in [7, 11) is 0. The zero-order chi connectivity index (χ0) is 13.3. The second kappa shape index (κ2) is 4.48. The zero-order valence-corrected chi connectivity index (χ0v) is 11.4. The fourth-order valence-corrected chi connectivity index (χ4v) is 3.52. The van der Waals surface area contributed by atoms with Gasteiger partial charge in [0.25, 0.3) is 0 Å². The molecule has 1 rings (SSSR count). The predicted molar refractivity (Wildman–Crippen MR) is 66.5 cm³/mol. The normalized spacial score (nSPS) is 33.0. The van der Waals surface area contributed by atoms with Crippen LogP contribution in [0.4, 0.5) is 4.79 Å². The summed E-state index contributed by atoms with van der Waals surface area (Å²) in [5, 5.41) is 9.68. The molecule has 100 valence electrons. The van der Waals surface area contributed by atoms with Gasteiger partial charge in [0.15, 0.2) is 0 Å². The lowest BCUT2D eigenvalue weighted by Crippen LogP contribution is -2.67. The monoisotopic (exact) mass is 243 g/mol. The Hall–Kier alpha value is -0.770. The summed E-state index contributed by atoms with van der Waals surface area (Å²) in [6.07, 6.45) is 2.82. The molecule has 1 aliphatic carbocycles. The molecular formula is C13H25NO3. The van der Waals surface area contributed by atoms with E-state index in [1.165, 1.54) is 0 Å². The maximum Gasteiger partial charge on any atom is 0.405 e. The molecule has 0 spiro atoms. The van der Waals surface area contributed by atoms with Crippen LogP contribution in [0.15, 0.2) is 0 Å². The van der Waals surface area contributed by atoms with Crippen molar-refractivity contribution in [1.29, 1.82) is 0 Å². The van der Waals surface area contributed by atoms with Crippen molar-refractivity contribution < 1.29 is 14.6 Å². The van der Waals surface area contributed by atoms with Gasteiger partial charge in [-0.15, -0.1) is 0 Å². The molecule has 3 N–H and O–H groups in total. The number of amides is 1. The number of hydrogen-bond donors (Lipinski definition) is 2. The summed E-state index contributed by atoms with van der Waals surface area (Å²) >= 11 is 0. The van der Waals surface area contributed by atoms with Crippen LogP contribution in [0.3, 0.4) is 0 Å². The number of hydrogen-bond acceptors (Lipinski definition) is 3. The smallest absolute Gasteiger partial charge is 0.405 e. The van der Waals surface area contributed by atoms with Crippen molar-refractivity contribution in [1.82, 2.24) is 0 Å². The molecule has 2 unspecified atom stereocenters. The van der Waals surface area contributed by atoms with E-state index in [1.54, 1.807) is 0 Å². The average molecular weight is 243 g/mol. The van der Waals surface area contributed by atoms with Gasteiger partial charge in [-0.3, -0.25) is 0 Å². The SMILES string of the molecule is CCCC1(C(C)(C)C)CCC1(CO)OC(N)=O. The van der Waals surface area contributed by atoms with Crippen LogP contribution in [-0.2, 0) is 4.74 Å². The van der Waals surface area contributed by atoms with Crippen LogP contribution >= 0.6 is 0 Å². The van der Waals surface area contributed by atoms with Gasteiger partial charge < -0.3 is 15.6 Å². The molecule has 0 aliphatic heterocycles. The van der Waals surface area contributed by atoms with Crippen LogP contribution in [0.5, 0.6) is 0 Å². The third-order valence-electron chi connectivity index (χ3n) is 4.49. The van der Waals surface area contributed by atoms with Gasteiger partial charge in [-0.05, 0) is 24.7 Å². The number of carbonyl (C=O) groups is 1. The van der Waals surface area contributed by atoms with Crippen LogP contribution in [0.1, 0.15) is 53.4 Å². The highest BCUT2D eigenvalue weighted by atomic mass is 16.6. The third kappa shape index (κ3) is 2.03. The number of carbonyl (C=O) groups excluding carboxylic acids is 1. The molecule has 0 aromatic heterocycles. The van der Waals surface area contributed by atoms with Gasteiger partial charge in [0, 0.05) is 5.41 Å². The highest BCUT2D eigenvalue weighted by molar-refractivity contribution is 5.65. The molecule has 4 nitrogen and oxygen atoms in total.